The monoisotopic (exact) mass is 397 g/mol. The number of sulfone groups is 1. The molecule has 2 aromatic rings. The number of hydrogen-bond acceptors (Lipinski definition) is 4. The van der Waals surface area contributed by atoms with Crippen LogP contribution in [-0.2, 0) is 14.6 Å². The summed E-state index contributed by atoms with van der Waals surface area (Å²) in [5.74, 6) is -0.334. The maximum absolute atomic E-state index is 13.5. The third-order valence-electron chi connectivity index (χ3n) is 5.03. The highest BCUT2D eigenvalue weighted by molar-refractivity contribution is 7.91. The molecule has 2 aliphatic heterocycles. The topological polar surface area (TPSA) is 81.1 Å². The largest absolute Gasteiger partial charge is 0.311 e. The molecular formula is C17H17ClFN3O3S. The van der Waals surface area contributed by atoms with Crippen molar-refractivity contribution < 1.29 is 17.6 Å². The lowest BCUT2D eigenvalue weighted by molar-refractivity contribution is -0.116. The van der Waals surface area contributed by atoms with E-state index in [2.05, 4.69) is 10.4 Å². The third kappa shape index (κ3) is 2.91. The quantitative estimate of drug-likeness (QED) is 0.844. The van der Waals surface area contributed by atoms with Crippen LogP contribution in [0.5, 0.6) is 0 Å². The molecule has 1 aromatic heterocycles. The maximum Gasteiger partial charge on any atom is 0.226 e. The fraction of sp³-hybridized carbons (Fsp3) is 0.412. The van der Waals surface area contributed by atoms with Gasteiger partial charge in [-0.15, -0.1) is 0 Å². The molecule has 2 aliphatic rings. The summed E-state index contributed by atoms with van der Waals surface area (Å²) in [6.07, 6.45) is 0.670. The van der Waals surface area contributed by atoms with E-state index in [1.165, 1.54) is 12.1 Å². The molecule has 0 unspecified atom stereocenters. The Morgan fingerprint density at radius 3 is 2.81 bits per heavy atom. The van der Waals surface area contributed by atoms with Gasteiger partial charge in [0.05, 0.1) is 28.3 Å². The number of carbonyl (C=O) groups excluding carboxylic acids is 1. The van der Waals surface area contributed by atoms with Gasteiger partial charge >= 0.3 is 0 Å². The first-order chi connectivity index (χ1) is 12.2. The Morgan fingerprint density at radius 2 is 2.15 bits per heavy atom. The molecule has 1 aromatic carbocycles. The van der Waals surface area contributed by atoms with Gasteiger partial charge in [-0.3, -0.25) is 4.79 Å². The van der Waals surface area contributed by atoms with Gasteiger partial charge in [0.2, 0.25) is 5.91 Å². The first kappa shape index (κ1) is 17.5. The van der Waals surface area contributed by atoms with Crippen LogP contribution in [0.1, 0.15) is 41.6 Å². The van der Waals surface area contributed by atoms with Gasteiger partial charge in [0, 0.05) is 17.9 Å². The highest BCUT2D eigenvalue weighted by Gasteiger charge is 2.37. The van der Waals surface area contributed by atoms with Crippen LogP contribution in [0.15, 0.2) is 18.2 Å². The molecule has 6 nitrogen and oxygen atoms in total. The van der Waals surface area contributed by atoms with Crippen molar-refractivity contribution in [2.75, 3.05) is 16.8 Å². The molecule has 138 valence electrons. The first-order valence-electron chi connectivity index (χ1n) is 8.29. The van der Waals surface area contributed by atoms with E-state index in [1.807, 2.05) is 6.92 Å². The van der Waals surface area contributed by atoms with Crippen LogP contribution in [0.2, 0.25) is 5.02 Å². The normalized spacial score (nSPS) is 24.3. The Morgan fingerprint density at radius 1 is 1.38 bits per heavy atom. The van der Waals surface area contributed by atoms with E-state index in [1.54, 1.807) is 10.7 Å². The first-order valence-corrected chi connectivity index (χ1v) is 10.5. The van der Waals surface area contributed by atoms with Gasteiger partial charge in [0.25, 0.3) is 0 Å². The zero-order valence-electron chi connectivity index (χ0n) is 14.0. The van der Waals surface area contributed by atoms with Crippen molar-refractivity contribution in [1.82, 2.24) is 9.78 Å². The number of amides is 1. The van der Waals surface area contributed by atoms with Gasteiger partial charge in [0.15, 0.2) is 9.84 Å². The second kappa shape index (κ2) is 6.06. The summed E-state index contributed by atoms with van der Waals surface area (Å²) in [6, 6.07) is 4.14. The number of aromatic nitrogens is 2. The standard InChI is InChI=1S/C17H17ClFN3O3S/c1-9-16-12(10-2-3-14(19)13(18)6-10)7-15(23)20-17(16)22(21-9)11-4-5-26(24,25)8-11/h2-3,6,11-12H,4-5,7-8H2,1H3,(H,20,23)/t11-,12-/m1/s1. The molecule has 2 atom stereocenters. The lowest BCUT2D eigenvalue weighted by Gasteiger charge is -2.25. The minimum atomic E-state index is -3.08. The molecule has 0 bridgehead atoms. The van der Waals surface area contributed by atoms with Gasteiger partial charge in [-0.25, -0.2) is 17.5 Å². The molecule has 0 aliphatic carbocycles. The van der Waals surface area contributed by atoms with E-state index in [9.17, 15) is 17.6 Å². The van der Waals surface area contributed by atoms with Gasteiger partial charge in [-0.1, -0.05) is 17.7 Å². The third-order valence-corrected chi connectivity index (χ3v) is 7.07. The minimum absolute atomic E-state index is 0.00182. The van der Waals surface area contributed by atoms with E-state index >= 15 is 0 Å². The second-order valence-electron chi connectivity index (χ2n) is 6.83. The highest BCUT2D eigenvalue weighted by Crippen LogP contribution is 2.42. The fourth-order valence-corrected chi connectivity index (χ4v) is 5.70. The Bertz CT molecular complexity index is 1020. The van der Waals surface area contributed by atoms with Crippen LogP contribution in [0.3, 0.4) is 0 Å². The average molecular weight is 398 g/mol. The zero-order chi connectivity index (χ0) is 18.6. The van der Waals surface area contributed by atoms with E-state index in [0.29, 0.717) is 12.2 Å². The molecule has 3 heterocycles. The van der Waals surface area contributed by atoms with E-state index < -0.39 is 15.7 Å². The predicted octanol–water partition coefficient (Wildman–Crippen LogP) is 2.82. The van der Waals surface area contributed by atoms with Crippen molar-refractivity contribution in [1.29, 1.82) is 0 Å². The fourth-order valence-electron chi connectivity index (χ4n) is 3.82. The molecule has 9 heteroatoms. The van der Waals surface area contributed by atoms with E-state index in [0.717, 1.165) is 16.8 Å². The SMILES string of the molecule is Cc1nn([C@@H]2CCS(=O)(=O)C2)c2c1[C@@H](c1ccc(F)c(Cl)c1)CC(=O)N2. The van der Waals surface area contributed by atoms with Crippen LogP contribution in [0.4, 0.5) is 10.2 Å². The van der Waals surface area contributed by atoms with Crippen molar-refractivity contribution in [3.05, 3.63) is 45.9 Å². The number of anilines is 1. The van der Waals surface area contributed by atoms with Crippen LogP contribution in [0.25, 0.3) is 0 Å². The van der Waals surface area contributed by atoms with Crippen LogP contribution in [0, 0.1) is 12.7 Å². The average Bonchev–Trinajstić information content (AvgIpc) is 3.09. The summed E-state index contributed by atoms with van der Waals surface area (Å²) in [7, 11) is -3.08. The highest BCUT2D eigenvalue weighted by atomic mass is 35.5. The Kier molecular flexibility index (Phi) is 4.07. The number of benzene rings is 1. The Labute approximate surface area is 155 Å². The van der Waals surface area contributed by atoms with Gasteiger partial charge in [-0.2, -0.15) is 5.10 Å². The molecule has 0 saturated carbocycles. The Hall–Kier alpha value is -1.93. The van der Waals surface area contributed by atoms with Crippen molar-refractivity contribution in [3.63, 3.8) is 0 Å². The van der Waals surface area contributed by atoms with Crippen molar-refractivity contribution in [3.8, 4) is 0 Å². The van der Waals surface area contributed by atoms with E-state index in [4.69, 9.17) is 11.6 Å². The van der Waals surface area contributed by atoms with Crippen LogP contribution >= 0.6 is 11.6 Å². The van der Waals surface area contributed by atoms with Crippen molar-refractivity contribution in [2.24, 2.45) is 0 Å². The summed E-state index contributed by atoms with van der Waals surface area (Å²) in [5.41, 5.74) is 2.28. The van der Waals surface area contributed by atoms with Gasteiger partial charge in [0.1, 0.15) is 11.6 Å². The lowest BCUT2D eigenvalue weighted by atomic mass is 9.86. The number of hydrogen-bond donors (Lipinski definition) is 1. The number of rotatable bonds is 2. The summed E-state index contributed by atoms with van der Waals surface area (Å²) in [6.45, 7) is 1.83. The molecule has 26 heavy (non-hydrogen) atoms. The van der Waals surface area contributed by atoms with Gasteiger partial charge < -0.3 is 5.32 Å². The summed E-state index contributed by atoms with van der Waals surface area (Å²) in [5, 5.41) is 7.36. The number of fused-ring (bicyclic) bond motifs is 1. The molecule has 1 amide bonds. The number of carbonyl (C=O) groups is 1. The molecule has 0 spiro atoms. The smallest absolute Gasteiger partial charge is 0.226 e. The summed E-state index contributed by atoms with van der Waals surface area (Å²) < 4.78 is 38.8. The number of nitrogens with one attached hydrogen (secondary N) is 1. The van der Waals surface area contributed by atoms with Crippen molar-refractivity contribution in [2.45, 2.75) is 31.7 Å². The molecule has 1 saturated heterocycles. The zero-order valence-corrected chi connectivity index (χ0v) is 15.6. The number of nitrogens with zero attached hydrogens (tertiary/aromatic N) is 2. The Balaban J connectivity index is 1.81. The van der Waals surface area contributed by atoms with Gasteiger partial charge in [-0.05, 0) is 31.0 Å². The summed E-state index contributed by atoms with van der Waals surface area (Å²) in [4.78, 5) is 12.3. The van der Waals surface area contributed by atoms with Crippen LogP contribution < -0.4 is 5.32 Å². The molecule has 0 radical (unpaired) electrons. The summed E-state index contributed by atoms with van der Waals surface area (Å²) >= 11 is 5.91. The van der Waals surface area contributed by atoms with Crippen molar-refractivity contribution >= 4 is 33.2 Å². The minimum Gasteiger partial charge on any atom is -0.311 e. The molecule has 4 rings (SSSR count). The lowest BCUT2D eigenvalue weighted by Crippen LogP contribution is -2.26. The van der Waals surface area contributed by atoms with Crippen LogP contribution in [-0.4, -0.2) is 35.6 Å². The van der Waals surface area contributed by atoms with E-state index in [-0.39, 0.29) is 40.8 Å². The predicted molar refractivity (Wildman–Crippen MR) is 95.8 cm³/mol. The number of halogens is 2. The maximum atomic E-state index is 13.5. The molecular weight excluding hydrogens is 381 g/mol. The molecule has 1 N–H and O–H groups in total. The second-order valence-corrected chi connectivity index (χ2v) is 9.46. The number of aryl methyl sites for hydroxylation is 1. The molecule has 1 fully saturated rings.